The van der Waals surface area contributed by atoms with E-state index in [9.17, 15) is 14.4 Å². The van der Waals surface area contributed by atoms with E-state index in [4.69, 9.17) is 16.6 Å². The number of carboxylic acid groups (broad SMARTS) is 2. The number of carboxylic acids is 2. The third-order valence-corrected chi connectivity index (χ3v) is 2.24. The maximum atomic E-state index is 11.0. The number of esters is 1. The van der Waals surface area contributed by atoms with Crippen LogP contribution in [0.5, 0.6) is 0 Å². The first-order chi connectivity index (χ1) is 8.36. The molecule has 0 aromatic carbocycles. The number of ether oxygens (including phenoxy) is 1. The Labute approximate surface area is 104 Å². The van der Waals surface area contributed by atoms with E-state index < -0.39 is 29.7 Å². The summed E-state index contributed by atoms with van der Waals surface area (Å²) in [7, 11) is 0. The molecular formula is C12H14O6. The van der Waals surface area contributed by atoms with Gasteiger partial charge < -0.3 is 14.9 Å². The van der Waals surface area contributed by atoms with Gasteiger partial charge >= 0.3 is 17.9 Å². The van der Waals surface area contributed by atoms with E-state index in [1.807, 2.05) is 5.92 Å². The summed E-state index contributed by atoms with van der Waals surface area (Å²) in [6.45, 7) is 1.19. The number of aliphatic carboxylic acids is 2. The maximum Gasteiger partial charge on any atom is 0.322 e. The van der Waals surface area contributed by atoms with Gasteiger partial charge in [0.2, 0.25) is 0 Å². The second-order valence-corrected chi connectivity index (χ2v) is 3.55. The lowest BCUT2D eigenvalue weighted by molar-refractivity contribution is -0.164. The fourth-order valence-corrected chi connectivity index (χ4v) is 1.18. The highest BCUT2D eigenvalue weighted by molar-refractivity contribution is 5.98. The first kappa shape index (κ1) is 15.7. The van der Waals surface area contributed by atoms with Crippen molar-refractivity contribution in [3.8, 4) is 12.3 Å². The number of carbonyl (C=O) groups is 3. The van der Waals surface area contributed by atoms with Crippen molar-refractivity contribution in [2.24, 2.45) is 5.41 Å². The van der Waals surface area contributed by atoms with Crippen LogP contribution in [-0.2, 0) is 19.1 Å². The monoisotopic (exact) mass is 254 g/mol. The molecule has 0 aromatic rings. The smallest absolute Gasteiger partial charge is 0.322 e. The van der Waals surface area contributed by atoms with Crippen LogP contribution in [0.15, 0.2) is 12.2 Å². The number of hydrogen-bond acceptors (Lipinski definition) is 4. The minimum atomic E-state index is -2.04. The van der Waals surface area contributed by atoms with E-state index in [1.165, 1.54) is 19.1 Å². The minimum Gasteiger partial charge on any atom is -0.480 e. The van der Waals surface area contributed by atoms with Gasteiger partial charge in [0, 0.05) is 13.3 Å². The van der Waals surface area contributed by atoms with Crippen LogP contribution in [0.4, 0.5) is 0 Å². The highest BCUT2D eigenvalue weighted by Gasteiger charge is 2.44. The van der Waals surface area contributed by atoms with Crippen LogP contribution in [0, 0.1) is 17.8 Å². The average molecular weight is 254 g/mol. The molecule has 0 unspecified atom stereocenters. The number of terminal acetylenes is 1. The molecule has 0 aromatic heterocycles. The van der Waals surface area contributed by atoms with Crippen molar-refractivity contribution in [2.45, 2.75) is 19.8 Å². The molecule has 0 aliphatic rings. The van der Waals surface area contributed by atoms with Gasteiger partial charge in [-0.05, 0) is 6.42 Å². The van der Waals surface area contributed by atoms with Gasteiger partial charge in [0.15, 0.2) is 5.41 Å². The van der Waals surface area contributed by atoms with E-state index in [1.54, 1.807) is 0 Å². The molecule has 0 atom stereocenters. The molecular weight excluding hydrogens is 240 g/mol. The quantitative estimate of drug-likeness (QED) is 0.300. The van der Waals surface area contributed by atoms with Gasteiger partial charge in [0.25, 0.3) is 0 Å². The van der Waals surface area contributed by atoms with Gasteiger partial charge in [-0.15, -0.1) is 12.3 Å². The lowest BCUT2D eigenvalue weighted by Crippen LogP contribution is -2.38. The molecule has 0 saturated carbocycles. The van der Waals surface area contributed by atoms with Gasteiger partial charge in [0.05, 0.1) is 0 Å². The molecule has 0 heterocycles. The predicted octanol–water partition coefficient (Wildman–Crippen LogP) is 0.675. The van der Waals surface area contributed by atoms with Crippen LogP contribution >= 0.6 is 0 Å². The zero-order valence-corrected chi connectivity index (χ0v) is 9.88. The Balaban J connectivity index is 4.71. The highest BCUT2D eigenvalue weighted by Crippen LogP contribution is 2.27. The first-order valence-corrected chi connectivity index (χ1v) is 5.05. The Morgan fingerprint density at radius 1 is 1.28 bits per heavy atom. The van der Waals surface area contributed by atoms with E-state index in [2.05, 4.69) is 4.74 Å². The van der Waals surface area contributed by atoms with Gasteiger partial charge in [-0.1, -0.05) is 12.2 Å². The van der Waals surface area contributed by atoms with Crippen LogP contribution < -0.4 is 0 Å². The third kappa shape index (κ3) is 4.29. The summed E-state index contributed by atoms with van der Waals surface area (Å²) in [6, 6.07) is 0. The van der Waals surface area contributed by atoms with Crippen molar-refractivity contribution in [1.29, 1.82) is 0 Å². The van der Waals surface area contributed by atoms with Crippen LogP contribution in [0.1, 0.15) is 19.8 Å². The summed E-state index contributed by atoms with van der Waals surface area (Å²) in [4.78, 5) is 32.5. The van der Waals surface area contributed by atoms with Crippen LogP contribution in [0.2, 0.25) is 0 Å². The number of hydrogen-bond donors (Lipinski definition) is 2. The van der Waals surface area contributed by atoms with Crippen LogP contribution in [-0.4, -0.2) is 34.7 Å². The summed E-state index contributed by atoms with van der Waals surface area (Å²) < 4.78 is 4.58. The molecule has 0 rings (SSSR count). The molecule has 0 aliphatic heterocycles. The summed E-state index contributed by atoms with van der Waals surface area (Å²) in [5.74, 6) is -1.42. The van der Waals surface area contributed by atoms with Gasteiger partial charge in [-0.3, -0.25) is 14.4 Å². The summed E-state index contributed by atoms with van der Waals surface area (Å²) >= 11 is 0. The zero-order valence-electron chi connectivity index (χ0n) is 9.88. The van der Waals surface area contributed by atoms with Crippen molar-refractivity contribution >= 4 is 17.9 Å². The lowest BCUT2D eigenvalue weighted by atomic mass is 9.81. The maximum absolute atomic E-state index is 11.0. The van der Waals surface area contributed by atoms with E-state index >= 15 is 0 Å². The predicted molar refractivity (Wildman–Crippen MR) is 61.5 cm³/mol. The van der Waals surface area contributed by atoms with E-state index in [0.717, 1.165) is 0 Å². The van der Waals surface area contributed by atoms with Gasteiger partial charge in [-0.2, -0.15) is 0 Å². The number of rotatable bonds is 7. The lowest BCUT2D eigenvalue weighted by Gasteiger charge is -2.20. The number of allylic oxidation sites excluding steroid dienone is 1. The second kappa shape index (κ2) is 7.12. The van der Waals surface area contributed by atoms with Crippen LogP contribution in [0.3, 0.4) is 0 Å². The molecule has 6 nitrogen and oxygen atoms in total. The molecule has 0 radical (unpaired) electrons. The van der Waals surface area contributed by atoms with E-state index in [0.29, 0.717) is 0 Å². The Hall–Kier alpha value is -2.29. The molecule has 0 saturated heterocycles. The second-order valence-electron chi connectivity index (χ2n) is 3.55. The van der Waals surface area contributed by atoms with Crippen molar-refractivity contribution < 1.29 is 29.3 Å². The Morgan fingerprint density at radius 2 is 1.83 bits per heavy atom. The van der Waals surface area contributed by atoms with Crippen molar-refractivity contribution in [2.75, 3.05) is 6.61 Å². The Kier molecular flexibility index (Phi) is 6.21. The molecule has 98 valence electrons. The fraction of sp³-hybridized carbons (Fsp3) is 0.417. The molecule has 2 N–H and O–H groups in total. The molecule has 0 spiro atoms. The van der Waals surface area contributed by atoms with Crippen molar-refractivity contribution in [3.63, 3.8) is 0 Å². The van der Waals surface area contributed by atoms with Crippen molar-refractivity contribution in [3.05, 3.63) is 12.2 Å². The molecule has 0 aliphatic carbocycles. The Bertz CT molecular complexity index is 387. The SMILES string of the molecule is C#CCC(C/C=C/COC(C)=O)(C(=O)O)C(=O)O. The third-order valence-electron chi connectivity index (χ3n) is 2.24. The van der Waals surface area contributed by atoms with Gasteiger partial charge in [-0.25, -0.2) is 0 Å². The number of carbonyl (C=O) groups excluding carboxylic acids is 1. The standard InChI is InChI=1S/C12H14O6/c1-3-6-12(10(14)15,11(16)17)7-4-5-8-18-9(2)13/h1,4-5H,6-8H2,2H3,(H,14,15)(H,16,17)/b5-4+. The molecule has 6 heteroatoms. The Morgan fingerprint density at radius 3 is 2.22 bits per heavy atom. The largest absolute Gasteiger partial charge is 0.480 e. The van der Waals surface area contributed by atoms with Crippen LogP contribution in [0.25, 0.3) is 0 Å². The minimum absolute atomic E-state index is 0.0410. The highest BCUT2D eigenvalue weighted by atomic mass is 16.5. The van der Waals surface area contributed by atoms with E-state index in [-0.39, 0.29) is 13.0 Å². The zero-order chi connectivity index (χ0) is 14.2. The summed E-state index contributed by atoms with van der Waals surface area (Å²) in [5.41, 5.74) is -2.04. The first-order valence-electron chi connectivity index (χ1n) is 5.05. The van der Waals surface area contributed by atoms with Crippen molar-refractivity contribution in [1.82, 2.24) is 0 Å². The topological polar surface area (TPSA) is 101 Å². The van der Waals surface area contributed by atoms with Gasteiger partial charge in [0.1, 0.15) is 6.61 Å². The molecule has 0 amide bonds. The normalized spacial score (nSPS) is 10.9. The molecule has 0 fully saturated rings. The fourth-order valence-electron chi connectivity index (χ4n) is 1.18. The molecule has 0 bridgehead atoms. The average Bonchev–Trinajstić information content (AvgIpc) is 2.25. The summed E-state index contributed by atoms with van der Waals surface area (Å²) in [6.07, 6.45) is 6.99. The molecule has 18 heavy (non-hydrogen) atoms. The summed E-state index contributed by atoms with van der Waals surface area (Å²) in [5, 5.41) is 17.9.